The van der Waals surface area contributed by atoms with Crippen molar-refractivity contribution in [3.05, 3.63) is 22.3 Å². The molecule has 8 heteroatoms. The summed E-state index contributed by atoms with van der Waals surface area (Å²) in [5.41, 5.74) is 0. The summed E-state index contributed by atoms with van der Waals surface area (Å²) in [7, 11) is 0. The standard InChI is InChI=1S/C11H16N4O2S2/c1-7-3-13-11(18-7)8(2)12-4-9(16)6-17-10-5-14-19-15-10/h3,5,8-9,12,16H,4,6H2,1-2H3. The molecule has 2 aromatic heterocycles. The maximum Gasteiger partial charge on any atom is 0.245 e. The predicted molar refractivity (Wildman–Crippen MR) is 74.7 cm³/mol. The molecule has 0 spiro atoms. The Hall–Kier alpha value is -1.09. The first-order valence-electron chi connectivity index (χ1n) is 5.89. The van der Waals surface area contributed by atoms with E-state index in [1.165, 1.54) is 11.1 Å². The van der Waals surface area contributed by atoms with Crippen LogP contribution in [0.15, 0.2) is 12.4 Å². The normalized spacial score (nSPS) is 14.3. The minimum atomic E-state index is -0.592. The molecular formula is C11H16N4O2S2. The molecule has 0 saturated heterocycles. The van der Waals surface area contributed by atoms with Gasteiger partial charge in [-0.15, -0.1) is 15.7 Å². The fraction of sp³-hybridized carbons (Fsp3) is 0.545. The van der Waals surface area contributed by atoms with Gasteiger partial charge in [-0.1, -0.05) is 0 Å². The number of nitrogens with one attached hydrogen (secondary N) is 1. The summed E-state index contributed by atoms with van der Waals surface area (Å²) in [4.78, 5) is 5.49. The summed E-state index contributed by atoms with van der Waals surface area (Å²) in [6, 6.07) is 0.120. The maximum absolute atomic E-state index is 9.80. The van der Waals surface area contributed by atoms with Crippen molar-refractivity contribution in [2.75, 3.05) is 13.2 Å². The largest absolute Gasteiger partial charge is 0.473 e. The van der Waals surface area contributed by atoms with Gasteiger partial charge in [-0.05, 0) is 13.8 Å². The van der Waals surface area contributed by atoms with E-state index in [1.54, 1.807) is 11.3 Å². The summed E-state index contributed by atoms with van der Waals surface area (Å²) >= 11 is 2.74. The number of nitrogens with zero attached hydrogens (tertiary/aromatic N) is 3. The Morgan fingerprint density at radius 1 is 1.47 bits per heavy atom. The number of rotatable bonds is 7. The first kappa shape index (κ1) is 14.3. The molecule has 0 aliphatic carbocycles. The molecule has 2 N–H and O–H groups in total. The molecule has 2 aromatic rings. The fourth-order valence-corrected chi connectivity index (χ4v) is 2.60. The van der Waals surface area contributed by atoms with Gasteiger partial charge in [0.25, 0.3) is 0 Å². The number of aromatic nitrogens is 3. The van der Waals surface area contributed by atoms with E-state index < -0.39 is 6.10 Å². The molecule has 2 rings (SSSR count). The number of hydrogen-bond acceptors (Lipinski definition) is 8. The van der Waals surface area contributed by atoms with Crippen molar-refractivity contribution in [3.8, 4) is 5.88 Å². The molecular weight excluding hydrogens is 284 g/mol. The first-order valence-corrected chi connectivity index (χ1v) is 7.44. The van der Waals surface area contributed by atoms with Crippen LogP contribution < -0.4 is 10.1 Å². The van der Waals surface area contributed by atoms with Crippen LogP contribution in [0.3, 0.4) is 0 Å². The molecule has 0 aliphatic heterocycles. The summed E-state index contributed by atoms with van der Waals surface area (Å²) in [6.07, 6.45) is 2.80. The average Bonchev–Trinajstić information content (AvgIpc) is 3.04. The predicted octanol–water partition coefficient (Wildman–Crippen LogP) is 1.39. The van der Waals surface area contributed by atoms with Gasteiger partial charge in [-0.3, -0.25) is 0 Å². The Balaban J connectivity index is 1.69. The third-order valence-electron chi connectivity index (χ3n) is 2.43. The van der Waals surface area contributed by atoms with E-state index in [2.05, 4.69) is 19.0 Å². The van der Waals surface area contributed by atoms with Gasteiger partial charge in [0.15, 0.2) is 0 Å². The lowest BCUT2D eigenvalue weighted by Gasteiger charge is -2.15. The molecule has 0 saturated carbocycles. The van der Waals surface area contributed by atoms with E-state index in [1.807, 2.05) is 20.0 Å². The van der Waals surface area contributed by atoms with E-state index in [-0.39, 0.29) is 12.6 Å². The third-order valence-corrected chi connectivity index (χ3v) is 3.99. The molecule has 0 bridgehead atoms. The van der Waals surface area contributed by atoms with Gasteiger partial charge in [0.1, 0.15) is 23.9 Å². The van der Waals surface area contributed by atoms with Crippen molar-refractivity contribution < 1.29 is 9.84 Å². The van der Waals surface area contributed by atoms with Gasteiger partial charge in [0.2, 0.25) is 5.88 Å². The Bertz CT molecular complexity index is 489. The Labute approximate surface area is 119 Å². The summed E-state index contributed by atoms with van der Waals surface area (Å²) in [6.45, 7) is 4.69. The van der Waals surface area contributed by atoms with E-state index >= 15 is 0 Å². The molecule has 104 valence electrons. The molecule has 2 unspecified atom stereocenters. The number of aliphatic hydroxyl groups is 1. The van der Waals surface area contributed by atoms with Crippen LogP contribution in [0, 0.1) is 6.92 Å². The fourth-order valence-electron chi connectivity index (χ4n) is 1.43. The highest BCUT2D eigenvalue weighted by Crippen LogP contribution is 2.18. The first-order chi connectivity index (χ1) is 9.15. The zero-order chi connectivity index (χ0) is 13.7. The number of aliphatic hydroxyl groups excluding tert-OH is 1. The number of ether oxygens (including phenoxy) is 1. The van der Waals surface area contributed by atoms with E-state index in [9.17, 15) is 5.11 Å². The molecule has 19 heavy (non-hydrogen) atoms. The lowest BCUT2D eigenvalue weighted by Crippen LogP contribution is -2.33. The minimum absolute atomic E-state index is 0.120. The second kappa shape index (κ2) is 6.90. The van der Waals surface area contributed by atoms with Crippen molar-refractivity contribution in [1.82, 2.24) is 19.0 Å². The van der Waals surface area contributed by atoms with Crippen molar-refractivity contribution in [2.45, 2.75) is 26.0 Å². The monoisotopic (exact) mass is 300 g/mol. The third kappa shape index (κ3) is 4.50. The molecule has 0 aliphatic rings. The molecule has 0 radical (unpaired) electrons. The van der Waals surface area contributed by atoms with Gasteiger partial charge < -0.3 is 15.2 Å². The maximum atomic E-state index is 9.80. The number of thiazole rings is 1. The van der Waals surface area contributed by atoms with Crippen LogP contribution in [0.2, 0.25) is 0 Å². The lowest BCUT2D eigenvalue weighted by atomic mass is 10.3. The van der Waals surface area contributed by atoms with Crippen molar-refractivity contribution in [2.24, 2.45) is 0 Å². The highest BCUT2D eigenvalue weighted by atomic mass is 32.1. The van der Waals surface area contributed by atoms with Crippen LogP contribution in [0.25, 0.3) is 0 Å². The highest BCUT2D eigenvalue weighted by molar-refractivity contribution is 7.11. The zero-order valence-corrected chi connectivity index (χ0v) is 12.4. The summed E-state index contributed by atoms with van der Waals surface area (Å²) in [5, 5.41) is 14.0. The van der Waals surface area contributed by atoms with Crippen LogP contribution in [0.5, 0.6) is 5.88 Å². The Morgan fingerprint density at radius 3 is 2.95 bits per heavy atom. The summed E-state index contributed by atoms with van der Waals surface area (Å²) < 4.78 is 13.0. The van der Waals surface area contributed by atoms with Crippen molar-refractivity contribution >= 4 is 23.1 Å². The molecule has 2 heterocycles. The molecule has 2 atom stereocenters. The van der Waals surface area contributed by atoms with Gasteiger partial charge in [0, 0.05) is 17.6 Å². The smallest absolute Gasteiger partial charge is 0.245 e. The van der Waals surface area contributed by atoms with Gasteiger partial charge in [0.05, 0.1) is 17.8 Å². The quantitative estimate of drug-likeness (QED) is 0.804. The van der Waals surface area contributed by atoms with Gasteiger partial charge in [-0.25, -0.2) is 4.98 Å². The second-order valence-electron chi connectivity index (χ2n) is 4.15. The SMILES string of the molecule is Cc1cnc(C(C)NCC(O)COc2cnsn2)s1. The Kier molecular flexibility index (Phi) is 5.20. The van der Waals surface area contributed by atoms with E-state index in [0.29, 0.717) is 12.4 Å². The van der Waals surface area contributed by atoms with Crippen LogP contribution in [-0.4, -0.2) is 38.1 Å². The van der Waals surface area contributed by atoms with Gasteiger partial charge in [-0.2, -0.15) is 4.37 Å². The zero-order valence-electron chi connectivity index (χ0n) is 10.7. The van der Waals surface area contributed by atoms with Crippen LogP contribution in [0.4, 0.5) is 0 Å². The minimum Gasteiger partial charge on any atom is -0.473 e. The van der Waals surface area contributed by atoms with Gasteiger partial charge >= 0.3 is 0 Å². The second-order valence-corrected chi connectivity index (χ2v) is 5.97. The lowest BCUT2D eigenvalue weighted by molar-refractivity contribution is 0.102. The van der Waals surface area contributed by atoms with Crippen molar-refractivity contribution in [1.29, 1.82) is 0 Å². The van der Waals surface area contributed by atoms with Crippen LogP contribution in [-0.2, 0) is 0 Å². The van der Waals surface area contributed by atoms with E-state index in [4.69, 9.17) is 4.74 Å². The van der Waals surface area contributed by atoms with Crippen LogP contribution in [0.1, 0.15) is 22.9 Å². The molecule has 6 nitrogen and oxygen atoms in total. The Morgan fingerprint density at radius 2 is 2.32 bits per heavy atom. The van der Waals surface area contributed by atoms with Crippen molar-refractivity contribution in [3.63, 3.8) is 0 Å². The molecule has 0 aromatic carbocycles. The number of hydrogen-bond donors (Lipinski definition) is 2. The number of aryl methyl sites for hydroxylation is 1. The van der Waals surface area contributed by atoms with E-state index in [0.717, 1.165) is 16.7 Å². The molecule has 0 amide bonds. The molecule has 0 fully saturated rings. The summed E-state index contributed by atoms with van der Waals surface area (Å²) in [5.74, 6) is 0.452. The average molecular weight is 300 g/mol. The topological polar surface area (TPSA) is 80.2 Å². The van der Waals surface area contributed by atoms with Crippen LogP contribution >= 0.6 is 23.1 Å². The highest BCUT2D eigenvalue weighted by Gasteiger charge is 2.12.